The lowest BCUT2D eigenvalue weighted by Crippen LogP contribution is -2.42. The average Bonchev–Trinajstić information content (AvgIpc) is 3.14. The number of hydrogen-bond acceptors (Lipinski definition) is 5. The van der Waals surface area contributed by atoms with Crippen molar-refractivity contribution in [3.63, 3.8) is 0 Å². The summed E-state index contributed by atoms with van der Waals surface area (Å²) in [4.78, 5) is 26.6. The molecule has 2 fully saturated rings. The predicted octanol–water partition coefficient (Wildman–Crippen LogP) is 1.75. The summed E-state index contributed by atoms with van der Waals surface area (Å²) < 4.78 is 16.3. The van der Waals surface area contributed by atoms with Crippen LogP contribution in [0.15, 0.2) is 18.2 Å². The van der Waals surface area contributed by atoms with Gasteiger partial charge in [-0.05, 0) is 43.9 Å². The molecule has 2 saturated heterocycles. The average molecular weight is 332 g/mol. The van der Waals surface area contributed by atoms with E-state index in [1.165, 1.54) is 4.90 Å². The molecule has 2 atom stereocenters. The zero-order valence-electron chi connectivity index (χ0n) is 13.5. The molecule has 7 heteroatoms. The summed E-state index contributed by atoms with van der Waals surface area (Å²) in [5.41, 5.74) is -0.427. The molecule has 128 valence electrons. The Bertz CT molecular complexity index is 686. The minimum Gasteiger partial charge on any atom is -0.454 e. The maximum absolute atomic E-state index is 12.9. The number of rotatable bonds is 3. The van der Waals surface area contributed by atoms with E-state index < -0.39 is 5.54 Å². The Morgan fingerprint density at radius 3 is 2.88 bits per heavy atom. The van der Waals surface area contributed by atoms with Crippen LogP contribution < -0.4 is 14.8 Å². The largest absolute Gasteiger partial charge is 0.454 e. The topological polar surface area (TPSA) is 77.1 Å². The number of imide groups is 1. The van der Waals surface area contributed by atoms with E-state index in [4.69, 9.17) is 14.2 Å². The lowest BCUT2D eigenvalue weighted by molar-refractivity contribution is -0.132. The lowest BCUT2D eigenvalue weighted by Gasteiger charge is -2.27. The van der Waals surface area contributed by atoms with Crippen molar-refractivity contribution in [3.05, 3.63) is 23.8 Å². The van der Waals surface area contributed by atoms with E-state index in [2.05, 4.69) is 5.32 Å². The van der Waals surface area contributed by atoms with E-state index in [1.54, 1.807) is 25.1 Å². The zero-order valence-corrected chi connectivity index (χ0v) is 13.5. The molecule has 0 spiro atoms. The first-order valence-electron chi connectivity index (χ1n) is 8.24. The summed E-state index contributed by atoms with van der Waals surface area (Å²) >= 11 is 0. The second-order valence-electron chi connectivity index (χ2n) is 6.53. The number of ether oxygens (including phenoxy) is 3. The molecular formula is C17H20N2O5. The molecule has 0 aromatic heterocycles. The molecule has 24 heavy (non-hydrogen) atoms. The highest BCUT2D eigenvalue weighted by atomic mass is 16.7. The number of benzene rings is 1. The van der Waals surface area contributed by atoms with E-state index >= 15 is 0 Å². The van der Waals surface area contributed by atoms with Crippen LogP contribution >= 0.6 is 0 Å². The van der Waals surface area contributed by atoms with Crippen LogP contribution in [0.1, 0.15) is 31.7 Å². The number of amides is 3. The van der Waals surface area contributed by atoms with Crippen LogP contribution in [0, 0.1) is 0 Å². The smallest absolute Gasteiger partial charge is 0.325 e. The Kier molecular flexibility index (Phi) is 3.60. The Balaban J connectivity index is 1.57. The molecular weight excluding hydrogens is 312 g/mol. The summed E-state index contributed by atoms with van der Waals surface area (Å²) in [6.45, 7) is 2.87. The normalized spacial score (nSPS) is 29.0. The molecule has 3 aliphatic heterocycles. The van der Waals surface area contributed by atoms with Crippen molar-refractivity contribution in [2.45, 2.75) is 37.8 Å². The molecule has 7 nitrogen and oxygen atoms in total. The Morgan fingerprint density at radius 2 is 2.08 bits per heavy atom. The number of hydrogen-bond donors (Lipinski definition) is 1. The second kappa shape index (κ2) is 5.66. The van der Waals surface area contributed by atoms with Crippen molar-refractivity contribution in [1.82, 2.24) is 10.2 Å². The van der Waals surface area contributed by atoms with E-state index in [0.717, 1.165) is 19.3 Å². The number of urea groups is 1. The standard InChI is InChI=1S/C17H20N2O5/c1-17(11-5-6-13-14(8-11)24-10-23-13)15(20)19(16(21)18-17)9-12-4-2-3-7-22-12/h5-6,8,12H,2-4,7,9-10H2,1H3,(H,18,21). The maximum atomic E-state index is 12.9. The van der Waals surface area contributed by atoms with Crippen LogP contribution in [0.4, 0.5) is 4.79 Å². The molecule has 1 aromatic carbocycles. The van der Waals surface area contributed by atoms with Gasteiger partial charge in [-0.2, -0.15) is 0 Å². The molecule has 2 unspecified atom stereocenters. The Hall–Kier alpha value is -2.28. The van der Waals surface area contributed by atoms with Crippen LogP contribution in [0.25, 0.3) is 0 Å². The van der Waals surface area contributed by atoms with Crippen molar-refractivity contribution in [3.8, 4) is 11.5 Å². The number of carbonyl (C=O) groups excluding carboxylic acids is 2. The third kappa shape index (κ3) is 2.39. The van der Waals surface area contributed by atoms with E-state index in [1.807, 2.05) is 0 Å². The van der Waals surface area contributed by atoms with Gasteiger partial charge in [0.25, 0.3) is 5.91 Å². The van der Waals surface area contributed by atoms with Crippen molar-refractivity contribution >= 4 is 11.9 Å². The highest BCUT2D eigenvalue weighted by Crippen LogP contribution is 2.38. The van der Waals surface area contributed by atoms with E-state index in [-0.39, 0.29) is 24.8 Å². The molecule has 3 aliphatic rings. The number of nitrogens with zero attached hydrogens (tertiary/aromatic N) is 1. The van der Waals surface area contributed by atoms with Crippen molar-refractivity contribution in [2.75, 3.05) is 19.9 Å². The monoisotopic (exact) mass is 332 g/mol. The van der Waals surface area contributed by atoms with Crippen LogP contribution in [0.5, 0.6) is 11.5 Å². The first kappa shape index (κ1) is 15.3. The fourth-order valence-electron chi connectivity index (χ4n) is 3.42. The molecule has 1 aromatic rings. The van der Waals surface area contributed by atoms with Gasteiger partial charge in [0.15, 0.2) is 11.5 Å². The van der Waals surface area contributed by atoms with Gasteiger partial charge in [-0.3, -0.25) is 9.69 Å². The van der Waals surface area contributed by atoms with Crippen LogP contribution in [-0.2, 0) is 15.1 Å². The van der Waals surface area contributed by atoms with Gasteiger partial charge >= 0.3 is 6.03 Å². The molecule has 0 radical (unpaired) electrons. The molecule has 0 aliphatic carbocycles. The van der Waals surface area contributed by atoms with Gasteiger partial charge in [-0.1, -0.05) is 6.07 Å². The van der Waals surface area contributed by atoms with Gasteiger partial charge in [0.05, 0.1) is 12.6 Å². The maximum Gasteiger partial charge on any atom is 0.325 e. The number of fused-ring (bicyclic) bond motifs is 1. The summed E-state index contributed by atoms with van der Waals surface area (Å²) in [5.74, 6) is 0.969. The van der Waals surface area contributed by atoms with E-state index in [0.29, 0.717) is 30.2 Å². The van der Waals surface area contributed by atoms with Gasteiger partial charge < -0.3 is 19.5 Å². The van der Waals surface area contributed by atoms with Gasteiger partial charge in [-0.25, -0.2) is 4.79 Å². The molecule has 0 bridgehead atoms. The first-order chi connectivity index (χ1) is 11.6. The minimum atomic E-state index is -1.10. The highest BCUT2D eigenvalue weighted by molar-refractivity contribution is 6.07. The third-order valence-corrected chi connectivity index (χ3v) is 4.89. The second-order valence-corrected chi connectivity index (χ2v) is 6.53. The quantitative estimate of drug-likeness (QED) is 0.854. The Labute approximate surface area is 139 Å². The summed E-state index contributed by atoms with van der Waals surface area (Å²) in [6.07, 6.45) is 2.89. The molecule has 1 N–H and O–H groups in total. The summed E-state index contributed by atoms with van der Waals surface area (Å²) in [7, 11) is 0. The van der Waals surface area contributed by atoms with Gasteiger partial charge in [0, 0.05) is 6.61 Å². The number of carbonyl (C=O) groups is 2. The van der Waals surface area contributed by atoms with Crippen molar-refractivity contribution in [1.29, 1.82) is 0 Å². The van der Waals surface area contributed by atoms with Gasteiger partial charge in [-0.15, -0.1) is 0 Å². The van der Waals surface area contributed by atoms with Crippen LogP contribution in [0.2, 0.25) is 0 Å². The lowest BCUT2D eigenvalue weighted by atomic mass is 9.91. The first-order valence-corrected chi connectivity index (χ1v) is 8.24. The van der Waals surface area contributed by atoms with Gasteiger partial charge in [0.2, 0.25) is 6.79 Å². The fourth-order valence-corrected chi connectivity index (χ4v) is 3.42. The van der Waals surface area contributed by atoms with Crippen LogP contribution in [-0.4, -0.2) is 42.9 Å². The fraction of sp³-hybridized carbons (Fsp3) is 0.529. The zero-order chi connectivity index (χ0) is 16.7. The highest BCUT2D eigenvalue weighted by Gasteiger charge is 2.49. The summed E-state index contributed by atoms with van der Waals surface area (Å²) in [5, 5.41) is 2.81. The number of nitrogens with one attached hydrogen (secondary N) is 1. The minimum absolute atomic E-state index is 0.0763. The Morgan fingerprint density at radius 1 is 1.25 bits per heavy atom. The molecule has 4 rings (SSSR count). The van der Waals surface area contributed by atoms with Gasteiger partial charge in [0.1, 0.15) is 5.54 Å². The predicted molar refractivity (Wildman–Crippen MR) is 83.8 cm³/mol. The third-order valence-electron chi connectivity index (χ3n) is 4.89. The van der Waals surface area contributed by atoms with Crippen LogP contribution in [0.3, 0.4) is 0 Å². The summed E-state index contributed by atoms with van der Waals surface area (Å²) in [6, 6.07) is 4.91. The van der Waals surface area contributed by atoms with Crippen molar-refractivity contribution < 1.29 is 23.8 Å². The SMILES string of the molecule is CC1(c2ccc3c(c2)OCO3)NC(=O)N(CC2CCCCO2)C1=O. The molecule has 3 amide bonds. The van der Waals surface area contributed by atoms with Crippen molar-refractivity contribution in [2.24, 2.45) is 0 Å². The molecule has 3 heterocycles. The molecule has 0 saturated carbocycles. The van der Waals surface area contributed by atoms with E-state index in [9.17, 15) is 9.59 Å².